The number of rotatable bonds is 4. The van der Waals surface area contributed by atoms with Crippen molar-refractivity contribution in [3.63, 3.8) is 0 Å². The maximum Gasteiger partial charge on any atom is 0.328 e. The van der Waals surface area contributed by atoms with E-state index in [4.69, 9.17) is 5.11 Å². The third-order valence-corrected chi connectivity index (χ3v) is 2.13. The number of hydrogen-bond donors (Lipinski definition) is 2. The van der Waals surface area contributed by atoms with Crippen LogP contribution in [0.3, 0.4) is 0 Å². The fourth-order valence-electron chi connectivity index (χ4n) is 1.27. The summed E-state index contributed by atoms with van der Waals surface area (Å²) < 4.78 is 4.57. The summed E-state index contributed by atoms with van der Waals surface area (Å²) in [7, 11) is 0. The van der Waals surface area contributed by atoms with E-state index in [1.165, 1.54) is 30.8 Å². The van der Waals surface area contributed by atoms with Gasteiger partial charge in [0.05, 0.1) is 6.20 Å². The number of carboxylic acids is 1. The quantitative estimate of drug-likeness (QED) is 0.804. The van der Waals surface area contributed by atoms with Gasteiger partial charge in [0.25, 0.3) is 5.91 Å². The van der Waals surface area contributed by atoms with Gasteiger partial charge in [-0.1, -0.05) is 11.2 Å². The summed E-state index contributed by atoms with van der Waals surface area (Å²) in [5.74, 6) is -1.45. The van der Waals surface area contributed by atoms with Crippen molar-refractivity contribution in [2.24, 2.45) is 0 Å². The van der Waals surface area contributed by atoms with Crippen molar-refractivity contribution in [1.82, 2.24) is 10.1 Å². The van der Waals surface area contributed by atoms with Crippen LogP contribution >= 0.6 is 0 Å². The van der Waals surface area contributed by atoms with Crippen LogP contribution in [0.25, 0.3) is 6.08 Å². The Labute approximate surface area is 107 Å². The molecule has 0 unspecified atom stereocenters. The van der Waals surface area contributed by atoms with Crippen LogP contribution in [-0.4, -0.2) is 27.1 Å². The lowest BCUT2D eigenvalue weighted by atomic mass is 10.2. The fraction of sp³-hybridized carbons (Fsp3) is 0. The Hall–Kier alpha value is -2.96. The predicted molar refractivity (Wildman–Crippen MR) is 65.4 cm³/mol. The predicted octanol–water partition coefficient (Wildman–Crippen LogP) is 1.42. The topological polar surface area (TPSA) is 105 Å². The average Bonchev–Trinajstić information content (AvgIpc) is 2.89. The van der Waals surface area contributed by atoms with Gasteiger partial charge in [0, 0.05) is 12.3 Å². The molecular formula is C12H9N3O4. The molecule has 2 N–H and O–H groups in total. The molecule has 0 radical (unpaired) electrons. The van der Waals surface area contributed by atoms with Gasteiger partial charge in [-0.15, -0.1) is 0 Å². The molecule has 19 heavy (non-hydrogen) atoms. The molecule has 2 aromatic heterocycles. The number of carboxylic acid groups (broad SMARTS) is 1. The normalized spacial score (nSPS) is 10.5. The highest BCUT2D eigenvalue weighted by molar-refractivity contribution is 6.02. The lowest BCUT2D eigenvalue weighted by molar-refractivity contribution is -0.131. The molecule has 0 atom stereocenters. The lowest BCUT2D eigenvalue weighted by Gasteiger charge is -2.01. The van der Waals surface area contributed by atoms with Gasteiger partial charge in [0.15, 0.2) is 0 Å². The molecule has 7 nitrogen and oxygen atoms in total. The second-order valence-corrected chi connectivity index (χ2v) is 3.52. The minimum Gasteiger partial charge on any atom is -0.478 e. The van der Waals surface area contributed by atoms with Gasteiger partial charge in [-0.25, -0.2) is 4.79 Å². The molecule has 96 valence electrons. The smallest absolute Gasteiger partial charge is 0.328 e. The number of carbonyl (C=O) groups excluding carboxylic acids is 1. The molecule has 0 bridgehead atoms. The highest BCUT2D eigenvalue weighted by Crippen LogP contribution is 2.07. The number of amides is 1. The van der Waals surface area contributed by atoms with Crippen LogP contribution in [0.2, 0.25) is 0 Å². The third-order valence-electron chi connectivity index (χ3n) is 2.13. The molecule has 0 saturated heterocycles. The maximum absolute atomic E-state index is 11.7. The average molecular weight is 259 g/mol. The highest BCUT2D eigenvalue weighted by Gasteiger charge is 2.08. The van der Waals surface area contributed by atoms with Crippen LogP contribution in [-0.2, 0) is 4.79 Å². The summed E-state index contributed by atoms with van der Waals surface area (Å²) in [5.41, 5.74) is 1.22. The van der Waals surface area contributed by atoms with E-state index in [1.807, 2.05) is 0 Å². The molecule has 0 aliphatic rings. The minimum atomic E-state index is -1.05. The van der Waals surface area contributed by atoms with Crippen molar-refractivity contribution in [2.75, 3.05) is 5.32 Å². The van der Waals surface area contributed by atoms with Crippen molar-refractivity contribution in [3.05, 3.63) is 48.1 Å². The van der Waals surface area contributed by atoms with Crippen molar-refractivity contribution in [3.8, 4) is 0 Å². The van der Waals surface area contributed by atoms with Gasteiger partial charge in [-0.3, -0.25) is 9.78 Å². The highest BCUT2D eigenvalue weighted by atomic mass is 16.5. The number of aromatic nitrogens is 2. The number of nitrogens with zero attached hydrogens (tertiary/aromatic N) is 2. The van der Waals surface area contributed by atoms with Crippen LogP contribution in [0.1, 0.15) is 16.1 Å². The van der Waals surface area contributed by atoms with E-state index in [9.17, 15) is 9.59 Å². The van der Waals surface area contributed by atoms with Crippen molar-refractivity contribution >= 4 is 23.6 Å². The first-order valence-corrected chi connectivity index (χ1v) is 5.23. The van der Waals surface area contributed by atoms with Gasteiger partial charge in [0.1, 0.15) is 17.6 Å². The molecule has 1 amide bonds. The number of pyridine rings is 1. The van der Waals surface area contributed by atoms with Crippen molar-refractivity contribution < 1.29 is 19.2 Å². The fourth-order valence-corrected chi connectivity index (χ4v) is 1.27. The minimum absolute atomic E-state index is 0.202. The summed E-state index contributed by atoms with van der Waals surface area (Å²) in [6, 6.07) is 3.08. The van der Waals surface area contributed by atoms with Gasteiger partial charge < -0.3 is 14.9 Å². The number of anilines is 1. The monoisotopic (exact) mass is 259 g/mol. The maximum atomic E-state index is 11.7. The van der Waals surface area contributed by atoms with E-state index in [1.54, 1.807) is 6.07 Å². The molecule has 0 saturated carbocycles. The Kier molecular flexibility index (Phi) is 3.67. The first-order chi connectivity index (χ1) is 9.15. The Bertz CT molecular complexity index is 602. The van der Waals surface area contributed by atoms with E-state index in [0.29, 0.717) is 11.3 Å². The van der Waals surface area contributed by atoms with Gasteiger partial charge in [0.2, 0.25) is 0 Å². The molecule has 7 heteroatoms. The van der Waals surface area contributed by atoms with Gasteiger partial charge >= 0.3 is 5.97 Å². The van der Waals surface area contributed by atoms with E-state index in [0.717, 1.165) is 6.08 Å². The second-order valence-electron chi connectivity index (χ2n) is 3.52. The van der Waals surface area contributed by atoms with Crippen LogP contribution in [0.15, 0.2) is 41.4 Å². The van der Waals surface area contributed by atoms with Crippen LogP contribution in [0, 0.1) is 0 Å². The SMILES string of the molecule is O=C(O)C=Cc1ccc(C(=O)Nc2cnoc2)nc1. The number of hydrogen-bond acceptors (Lipinski definition) is 5. The van der Waals surface area contributed by atoms with E-state index in [-0.39, 0.29) is 5.69 Å². The zero-order valence-corrected chi connectivity index (χ0v) is 9.61. The van der Waals surface area contributed by atoms with Crippen LogP contribution in [0.4, 0.5) is 5.69 Å². The molecule has 0 spiro atoms. The zero-order chi connectivity index (χ0) is 13.7. The molecule has 0 aliphatic heterocycles. The summed E-state index contributed by atoms with van der Waals surface area (Å²) >= 11 is 0. The molecular weight excluding hydrogens is 250 g/mol. The molecule has 0 aromatic carbocycles. The zero-order valence-electron chi connectivity index (χ0n) is 9.61. The number of nitrogens with one attached hydrogen (secondary N) is 1. The standard InChI is InChI=1S/C12H9N3O4/c16-11(17)4-2-8-1-3-10(13-5-8)12(18)15-9-6-14-19-7-9/h1-7H,(H,15,18)(H,16,17). The summed E-state index contributed by atoms with van der Waals surface area (Å²) in [5, 5.41) is 14.5. The van der Waals surface area contributed by atoms with Gasteiger partial charge in [-0.2, -0.15) is 0 Å². The second kappa shape index (κ2) is 5.58. The summed E-state index contributed by atoms with van der Waals surface area (Å²) in [4.78, 5) is 26.0. The van der Waals surface area contributed by atoms with Crippen molar-refractivity contribution in [2.45, 2.75) is 0 Å². The third kappa shape index (κ3) is 3.50. The first-order valence-electron chi connectivity index (χ1n) is 5.23. The number of carbonyl (C=O) groups is 2. The molecule has 2 heterocycles. The van der Waals surface area contributed by atoms with Crippen LogP contribution < -0.4 is 5.32 Å². The Morgan fingerprint density at radius 2 is 2.16 bits per heavy atom. The van der Waals surface area contributed by atoms with E-state index < -0.39 is 11.9 Å². The molecule has 0 aliphatic carbocycles. The van der Waals surface area contributed by atoms with E-state index >= 15 is 0 Å². The Balaban J connectivity index is 2.05. The molecule has 2 aromatic rings. The molecule has 2 rings (SSSR count). The number of aliphatic carboxylic acids is 1. The Morgan fingerprint density at radius 3 is 2.74 bits per heavy atom. The van der Waals surface area contributed by atoms with Gasteiger partial charge in [-0.05, 0) is 17.7 Å². The molecule has 0 fully saturated rings. The first kappa shape index (κ1) is 12.5. The summed E-state index contributed by atoms with van der Waals surface area (Å²) in [6.45, 7) is 0. The summed E-state index contributed by atoms with van der Waals surface area (Å²) in [6.07, 6.45) is 6.44. The van der Waals surface area contributed by atoms with E-state index in [2.05, 4.69) is 20.0 Å². The Morgan fingerprint density at radius 1 is 1.32 bits per heavy atom. The van der Waals surface area contributed by atoms with Crippen molar-refractivity contribution in [1.29, 1.82) is 0 Å². The lowest BCUT2D eigenvalue weighted by Crippen LogP contribution is -2.12. The largest absolute Gasteiger partial charge is 0.478 e. The van der Waals surface area contributed by atoms with Crippen LogP contribution in [0.5, 0.6) is 0 Å².